The van der Waals surface area contributed by atoms with Gasteiger partial charge in [0.1, 0.15) is 5.82 Å². The topological polar surface area (TPSA) is 20.2 Å². The lowest BCUT2D eigenvalue weighted by molar-refractivity contribution is -0.0207. The molecule has 1 N–H and O–H groups in total. The zero-order valence-corrected chi connectivity index (χ0v) is 10.9. The molecule has 2 atom stereocenters. The van der Waals surface area contributed by atoms with Crippen LogP contribution < -0.4 is 0 Å². The quantitative estimate of drug-likeness (QED) is 0.828. The van der Waals surface area contributed by atoms with E-state index in [9.17, 15) is 9.50 Å². The standard InChI is InChI=1S/C13H16BrFO/c1-9-3-2-6-13(16,8-9)11-7-10(14)4-5-12(11)15/h4-5,7,9,16H,2-3,6,8H2,1H3. The summed E-state index contributed by atoms with van der Waals surface area (Å²) in [7, 11) is 0. The Hall–Kier alpha value is -0.410. The van der Waals surface area contributed by atoms with Crippen molar-refractivity contribution in [2.75, 3.05) is 0 Å². The Kier molecular flexibility index (Phi) is 3.36. The summed E-state index contributed by atoms with van der Waals surface area (Å²) < 4.78 is 14.6. The SMILES string of the molecule is CC1CCCC(O)(c2cc(Br)ccc2F)C1. The van der Waals surface area contributed by atoms with Crippen LogP contribution in [-0.2, 0) is 5.60 Å². The molecule has 1 aliphatic carbocycles. The van der Waals surface area contributed by atoms with Crippen LogP contribution in [0.2, 0.25) is 0 Å². The molecule has 88 valence electrons. The average molecular weight is 287 g/mol. The van der Waals surface area contributed by atoms with E-state index in [1.165, 1.54) is 6.07 Å². The summed E-state index contributed by atoms with van der Waals surface area (Å²) in [6.45, 7) is 2.11. The van der Waals surface area contributed by atoms with Gasteiger partial charge in [-0.05, 0) is 43.4 Å². The summed E-state index contributed by atoms with van der Waals surface area (Å²) in [5.74, 6) is 0.150. The Labute approximate surface area is 104 Å². The van der Waals surface area contributed by atoms with Crippen LogP contribution in [0.25, 0.3) is 0 Å². The molecular formula is C13H16BrFO. The van der Waals surface area contributed by atoms with Crippen LogP contribution in [0.1, 0.15) is 38.2 Å². The largest absolute Gasteiger partial charge is 0.385 e. The third kappa shape index (κ3) is 2.30. The van der Waals surface area contributed by atoms with Gasteiger partial charge in [-0.15, -0.1) is 0 Å². The van der Waals surface area contributed by atoms with Gasteiger partial charge in [0.2, 0.25) is 0 Å². The molecule has 16 heavy (non-hydrogen) atoms. The molecule has 0 bridgehead atoms. The molecule has 2 unspecified atom stereocenters. The number of benzene rings is 1. The minimum atomic E-state index is -0.981. The lowest BCUT2D eigenvalue weighted by Crippen LogP contribution is -2.32. The minimum absolute atomic E-state index is 0.306. The van der Waals surface area contributed by atoms with Crippen molar-refractivity contribution in [3.63, 3.8) is 0 Å². The van der Waals surface area contributed by atoms with E-state index in [1.54, 1.807) is 12.1 Å². The Bertz CT molecular complexity index is 394. The first-order chi connectivity index (χ1) is 7.51. The van der Waals surface area contributed by atoms with Gasteiger partial charge in [0.05, 0.1) is 5.60 Å². The second-order valence-corrected chi connectivity index (χ2v) is 5.77. The summed E-state index contributed by atoms with van der Waals surface area (Å²) in [5.41, 5.74) is -0.542. The highest BCUT2D eigenvalue weighted by Crippen LogP contribution is 2.41. The minimum Gasteiger partial charge on any atom is -0.385 e. The van der Waals surface area contributed by atoms with Crippen LogP contribution in [0, 0.1) is 11.7 Å². The fourth-order valence-electron chi connectivity index (χ4n) is 2.62. The van der Waals surface area contributed by atoms with Crippen molar-refractivity contribution in [1.82, 2.24) is 0 Å². The van der Waals surface area contributed by atoms with Gasteiger partial charge in [-0.3, -0.25) is 0 Å². The van der Waals surface area contributed by atoms with Crippen LogP contribution in [0.5, 0.6) is 0 Å². The van der Waals surface area contributed by atoms with Gasteiger partial charge in [0.15, 0.2) is 0 Å². The number of aliphatic hydroxyl groups is 1. The molecule has 1 aromatic rings. The lowest BCUT2D eigenvalue weighted by Gasteiger charge is -2.36. The molecule has 1 aliphatic rings. The van der Waals surface area contributed by atoms with Crippen molar-refractivity contribution in [3.05, 3.63) is 34.1 Å². The van der Waals surface area contributed by atoms with Gasteiger partial charge in [0, 0.05) is 10.0 Å². The smallest absolute Gasteiger partial charge is 0.129 e. The fraction of sp³-hybridized carbons (Fsp3) is 0.538. The van der Waals surface area contributed by atoms with Crippen LogP contribution in [-0.4, -0.2) is 5.11 Å². The zero-order valence-electron chi connectivity index (χ0n) is 9.34. The van der Waals surface area contributed by atoms with Crippen molar-refractivity contribution in [2.24, 2.45) is 5.92 Å². The van der Waals surface area contributed by atoms with Crippen molar-refractivity contribution >= 4 is 15.9 Å². The number of hydrogen-bond donors (Lipinski definition) is 1. The van der Waals surface area contributed by atoms with E-state index in [2.05, 4.69) is 22.9 Å². The molecule has 1 saturated carbocycles. The van der Waals surface area contributed by atoms with Crippen LogP contribution in [0.15, 0.2) is 22.7 Å². The Morgan fingerprint density at radius 2 is 2.25 bits per heavy atom. The van der Waals surface area contributed by atoms with E-state index in [-0.39, 0.29) is 5.82 Å². The van der Waals surface area contributed by atoms with Gasteiger partial charge in [-0.25, -0.2) is 4.39 Å². The molecular weight excluding hydrogens is 271 g/mol. The van der Waals surface area contributed by atoms with Gasteiger partial charge < -0.3 is 5.11 Å². The molecule has 0 saturated heterocycles. The predicted molar refractivity (Wildman–Crippen MR) is 65.6 cm³/mol. The molecule has 1 nitrogen and oxygen atoms in total. The molecule has 3 heteroatoms. The predicted octanol–water partition coefficient (Wildman–Crippen LogP) is 3.99. The van der Waals surface area contributed by atoms with E-state index in [0.29, 0.717) is 24.3 Å². The maximum atomic E-state index is 13.7. The van der Waals surface area contributed by atoms with E-state index in [4.69, 9.17) is 0 Å². The first kappa shape index (κ1) is 12.1. The fourth-order valence-corrected chi connectivity index (χ4v) is 2.98. The van der Waals surface area contributed by atoms with Crippen molar-refractivity contribution in [3.8, 4) is 0 Å². The molecule has 0 radical (unpaired) electrons. The summed E-state index contributed by atoms with van der Waals surface area (Å²) in [4.78, 5) is 0. The van der Waals surface area contributed by atoms with E-state index >= 15 is 0 Å². The normalized spacial score (nSPS) is 30.4. The van der Waals surface area contributed by atoms with Crippen LogP contribution >= 0.6 is 15.9 Å². The second-order valence-electron chi connectivity index (χ2n) is 4.86. The molecule has 0 aliphatic heterocycles. The highest BCUT2D eigenvalue weighted by Gasteiger charge is 2.36. The van der Waals surface area contributed by atoms with Gasteiger partial charge in [-0.1, -0.05) is 29.3 Å². The Morgan fingerprint density at radius 1 is 1.50 bits per heavy atom. The average Bonchev–Trinajstić information content (AvgIpc) is 2.21. The summed E-state index contributed by atoms with van der Waals surface area (Å²) >= 11 is 3.32. The highest BCUT2D eigenvalue weighted by molar-refractivity contribution is 9.10. The van der Waals surface area contributed by atoms with E-state index < -0.39 is 5.60 Å². The summed E-state index contributed by atoms with van der Waals surface area (Å²) in [6, 6.07) is 4.78. The maximum absolute atomic E-state index is 13.7. The second kappa shape index (κ2) is 4.46. The summed E-state index contributed by atoms with van der Waals surface area (Å²) in [5, 5.41) is 10.6. The molecule has 0 spiro atoms. The monoisotopic (exact) mass is 286 g/mol. The van der Waals surface area contributed by atoms with Gasteiger partial charge in [-0.2, -0.15) is 0 Å². The van der Waals surface area contributed by atoms with Crippen molar-refractivity contribution in [1.29, 1.82) is 0 Å². The molecule has 0 aromatic heterocycles. The third-order valence-corrected chi connectivity index (χ3v) is 3.90. The molecule has 1 fully saturated rings. The van der Waals surface area contributed by atoms with Crippen molar-refractivity contribution < 1.29 is 9.50 Å². The van der Waals surface area contributed by atoms with Gasteiger partial charge in [0.25, 0.3) is 0 Å². The Morgan fingerprint density at radius 3 is 2.94 bits per heavy atom. The maximum Gasteiger partial charge on any atom is 0.129 e. The van der Waals surface area contributed by atoms with Gasteiger partial charge >= 0.3 is 0 Å². The van der Waals surface area contributed by atoms with E-state index in [0.717, 1.165) is 17.3 Å². The highest BCUT2D eigenvalue weighted by atomic mass is 79.9. The van der Waals surface area contributed by atoms with Crippen molar-refractivity contribution in [2.45, 2.75) is 38.2 Å². The number of halogens is 2. The molecule has 0 amide bonds. The van der Waals surface area contributed by atoms with E-state index in [1.807, 2.05) is 0 Å². The Balaban J connectivity index is 2.37. The number of hydrogen-bond acceptors (Lipinski definition) is 1. The molecule has 0 heterocycles. The number of rotatable bonds is 1. The summed E-state index contributed by atoms with van der Waals surface area (Å²) in [6.07, 6.45) is 3.40. The molecule has 1 aromatic carbocycles. The first-order valence-corrected chi connectivity index (χ1v) is 6.48. The van der Waals surface area contributed by atoms with Crippen LogP contribution in [0.4, 0.5) is 4.39 Å². The first-order valence-electron chi connectivity index (χ1n) is 5.69. The molecule has 2 rings (SSSR count). The lowest BCUT2D eigenvalue weighted by atomic mass is 9.75. The van der Waals surface area contributed by atoms with Crippen LogP contribution in [0.3, 0.4) is 0 Å². The zero-order chi connectivity index (χ0) is 11.8. The third-order valence-electron chi connectivity index (χ3n) is 3.40.